The van der Waals surface area contributed by atoms with Gasteiger partial charge in [-0.3, -0.25) is 14.9 Å². The van der Waals surface area contributed by atoms with Gasteiger partial charge in [0.05, 0.1) is 11.1 Å². The monoisotopic (exact) mass is 527 g/mol. The SMILES string of the molecule is O=[N+]([O-])c1cccc(CCc2cccc3ccc4c(c23)CCC2=C4C=CCC2)c1.O=c1[nH]ncc2ccccc12. The first-order valence-corrected chi connectivity index (χ1v) is 13.7. The molecular weight excluding hydrogens is 498 g/mol. The molecule has 1 N–H and O–H groups in total. The summed E-state index contributed by atoms with van der Waals surface area (Å²) in [7, 11) is 0. The van der Waals surface area contributed by atoms with E-state index in [0.717, 1.165) is 43.1 Å². The number of hydrogen-bond acceptors (Lipinski definition) is 4. The van der Waals surface area contributed by atoms with E-state index < -0.39 is 0 Å². The summed E-state index contributed by atoms with van der Waals surface area (Å²) in [4.78, 5) is 21.8. The third-order valence-corrected chi connectivity index (χ3v) is 7.86. The molecule has 0 bridgehead atoms. The molecule has 7 rings (SSSR count). The molecule has 0 atom stereocenters. The average molecular weight is 528 g/mol. The summed E-state index contributed by atoms with van der Waals surface area (Å²) in [5.41, 5.74) is 8.31. The Bertz CT molecular complexity index is 1860. The van der Waals surface area contributed by atoms with E-state index in [1.54, 1.807) is 36.0 Å². The fraction of sp³-hybridized carbons (Fsp3) is 0.176. The van der Waals surface area contributed by atoms with E-state index >= 15 is 0 Å². The van der Waals surface area contributed by atoms with Gasteiger partial charge in [-0.2, -0.15) is 5.10 Å². The molecule has 0 fully saturated rings. The summed E-state index contributed by atoms with van der Waals surface area (Å²) in [6.45, 7) is 0. The Morgan fingerprint density at radius 1 is 0.875 bits per heavy atom. The number of hydrogen-bond donors (Lipinski definition) is 1. The molecule has 0 amide bonds. The predicted molar refractivity (Wildman–Crippen MR) is 160 cm³/mol. The maximum Gasteiger partial charge on any atom is 0.272 e. The molecule has 5 aromatic rings. The number of aromatic amines is 1. The van der Waals surface area contributed by atoms with Gasteiger partial charge in [-0.15, -0.1) is 0 Å². The highest BCUT2D eigenvalue weighted by Crippen LogP contribution is 2.40. The first-order chi connectivity index (χ1) is 19.6. The van der Waals surface area contributed by atoms with Gasteiger partial charge >= 0.3 is 0 Å². The fourth-order valence-corrected chi connectivity index (χ4v) is 5.92. The minimum atomic E-state index is -0.319. The molecule has 198 valence electrons. The van der Waals surface area contributed by atoms with Crippen molar-refractivity contribution in [3.63, 3.8) is 0 Å². The lowest BCUT2D eigenvalue weighted by Crippen LogP contribution is -2.08. The van der Waals surface area contributed by atoms with E-state index in [1.165, 1.54) is 39.5 Å². The smallest absolute Gasteiger partial charge is 0.267 e. The Labute approximate surface area is 231 Å². The number of non-ortho nitro benzene ring substituents is 1. The molecule has 6 nitrogen and oxygen atoms in total. The lowest BCUT2D eigenvalue weighted by molar-refractivity contribution is -0.384. The lowest BCUT2D eigenvalue weighted by atomic mass is 9.78. The summed E-state index contributed by atoms with van der Waals surface area (Å²) in [6.07, 6.45) is 12.6. The molecular formula is C34H29N3O3. The van der Waals surface area contributed by atoms with Crippen molar-refractivity contribution >= 4 is 32.8 Å². The number of nitro benzene ring substituents is 1. The fourth-order valence-electron chi connectivity index (χ4n) is 5.92. The minimum Gasteiger partial charge on any atom is -0.267 e. The van der Waals surface area contributed by atoms with E-state index in [9.17, 15) is 14.9 Å². The van der Waals surface area contributed by atoms with Crippen molar-refractivity contribution in [1.29, 1.82) is 0 Å². The number of H-pyrrole nitrogens is 1. The zero-order valence-electron chi connectivity index (χ0n) is 22.1. The third kappa shape index (κ3) is 5.08. The number of nitrogens with zero attached hydrogens (tertiary/aromatic N) is 2. The molecule has 40 heavy (non-hydrogen) atoms. The van der Waals surface area contributed by atoms with E-state index in [-0.39, 0.29) is 16.2 Å². The highest BCUT2D eigenvalue weighted by Gasteiger charge is 2.21. The zero-order valence-corrected chi connectivity index (χ0v) is 22.1. The van der Waals surface area contributed by atoms with Gasteiger partial charge in [0.2, 0.25) is 0 Å². The van der Waals surface area contributed by atoms with Crippen LogP contribution in [-0.2, 0) is 19.3 Å². The van der Waals surface area contributed by atoms with Gasteiger partial charge in [0.15, 0.2) is 0 Å². The van der Waals surface area contributed by atoms with Crippen LogP contribution in [0.15, 0.2) is 108 Å². The van der Waals surface area contributed by atoms with Gasteiger partial charge in [-0.05, 0) is 83.2 Å². The predicted octanol–water partition coefficient (Wildman–Crippen LogP) is 7.51. The van der Waals surface area contributed by atoms with Crippen molar-refractivity contribution in [2.75, 3.05) is 0 Å². The molecule has 0 unspecified atom stereocenters. The maximum absolute atomic E-state index is 11.1. The van der Waals surface area contributed by atoms with Crippen LogP contribution in [0, 0.1) is 10.1 Å². The number of nitrogens with one attached hydrogen (secondary N) is 1. The number of rotatable bonds is 4. The van der Waals surface area contributed by atoms with Gasteiger partial charge in [-0.25, -0.2) is 5.10 Å². The van der Waals surface area contributed by atoms with Gasteiger partial charge in [0.1, 0.15) is 0 Å². The summed E-state index contributed by atoms with van der Waals surface area (Å²) in [5.74, 6) is 0. The summed E-state index contributed by atoms with van der Waals surface area (Å²) >= 11 is 0. The van der Waals surface area contributed by atoms with Crippen LogP contribution in [0.4, 0.5) is 5.69 Å². The Hall–Kier alpha value is -4.84. The van der Waals surface area contributed by atoms with Crippen LogP contribution < -0.4 is 5.56 Å². The van der Waals surface area contributed by atoms with Crippen LogP contribution in [0.25, 0.3) is 27.1 Å². The standard InChI is InChI=1S/C26H23NO2.C8H6N2O/c28-27(29)22-9-3-5-18(17-22)11-12-20-7-4-8-21-14-15-24-23-10-2-1-6-19(23)13-16-25(24)26(20)21;11-8-7-4-2-1-3-6(7)5-9-10-8/h2-5,7-10,14-15,17H,1,6,11-13,16H2;1-5H,(H,10,11). The molecule has 1 aromatic heterocycles. The van der Waals surface area contributed by atoms with Gasteiger partial charge in [0.25, 0.3) is 11.2 Å². The number of benzene rings is 4. The average Bonchev–Trinajstić information content (AvgIpc) is 3.00. The third-order valence-electron chi connectivity index (χ3n) is 7.86. The molecule has 4 aromatic carbocycles. The maximum atomic E-state index is 11.1. The zero-order chi connectivity index (χ0) is 27.5. The number of fused-ring (bicyclic) bond motifs is 5. The molecule has 0 spiro atoms. The van der Waals surface area contributed by atoms with Crippen molar-refractivity contribution in [2.24, 2.45) is 0 Å². The summed E-state index contributed by atoms with van der Waals surface area (Å²) in [5, 5.41) is 21.4. The van der Waals surface area contributed by atoms with Crippen molar-refractivity contribution in [3.05, 3.63) is 146 Å². The van der Waals surface area contributed by atoms with Crippen molar-refractivity contribution < 1.29 is 4.92 Å². The van der Waals surface area contributed by atoms with Crippen molar-refractivity contribution in [3.8, 4) is 0 Å². The van der Waals surface area contributed by atoms with E-state index in [0.29, 0.717) is 5.39 Å². The Morgan fingerprint density at radius 3 is 2.60 bits per heavy atom. The lowest BCUT2D eigenvalue weighted by Gasteiger charge is -2.26. The van der Waals surface area contributed by atoms with Crippen LogP contribution in [0.5, 0.6) is 0 Å². The van der Waals surface area contributed by atoms with Crippen LogP contribution in [0.2, 0.25) is 0 Å². The number of allylic oxidation sites excluding steroid dienone is 4. The Kier molecular flexibility index (Phi) is 7.06. The topological polar surface area (TPSA) is 88.9 Å². The van der Waals surface area contributed by atoms with Crippen LogP contribution >= 0.6 is 0 Å². The Balaban J connectivity index is 0.000000219. The number of aryl methyl sites for hydroxylation is 3. The first kappa shape index (κ1) is 25.4. The van der Waals surface area contributed by atoms with E-state index in [2.05, 4.69) is 52.7 Å². The minimum absolute atomic E-state index is 0.136. The molecule has 0 saturated heterocycles. The second-order valence-electron chi connectivity index (χ2n) is 10.3. The van der Waals surface area contributed by atoms with Crippen molar-refractivity contribution in [1.82, 2.24) is 10.2 Å². The van der Waals surface area contributed by atoms with E-state index in [4.69, 9.17) is 0 Å². The largest absolute Gasteiger partial charge is 0.272 e. The second kappa shape index (κ2) is 11.1. The molecule has 0 aliphatic heterocycles. The molecule has 0 radical (unpaired) electrons. The molecule has 6 heteroatoms. The first-order valence-electron chi connectivity index (χ1n) is 13.7. The van der Waals surface area contributed by atoms with Gasteiger partial charge in [0, 0.05) is 22.9 Å². The van der Waals surface area contributed by atoms with Crippen LogP contribution in [-0.4, -0.2) is 15.1 Å². The molecule has 0 saturated carbocycles. The quantitative estimate of drug-likeness (QED) is 0.193. The van der Waals surface area contributed by atoms with Crippen LogP contribution in [0.1, 0.15) is 41.5 Å². The van der Waals surface area contributed by atoms with Gasteiger partial charge < -0.3 is 0 Å². The highest BCUT2D eigenvalue weighted by molar-refractivity contribution is 5.95. The highest BCUT2D eigenvalue weighted by atomic mass is 16.6. The van der Waals surface area contributed by atoms with Crippen LogP contribution in [0.3, 0.4) is 0 Å². The second-order valence-corrected chi connectivity index (χ2v) is 10.3. The summed E-state index contributed by atoms with van der Waals surface area (Å²) < 4.78 is 0. The number of nitro groups is 1. The number of aromatic nitrogens is 2. The molecule has 2 aliphatic rings. The van der Waals surface area contributed by atoms with E-state index in [1.807, 2.05) is 24.3 Å². The van der Waals surface area contributed by atoms with Crippen molar-refractivity contribution in [2.45, 2.75) is 38.5 Å². The normalized spacial score (nSPS) is 13.9. The molecule has 1 heterocycles. The summed E-state index contributed by atoms with van der Waals surface area (Å²) in [6, 6.07) is 25.5. The molecule has 2 aliphatic carbocycles. The Morgan fingerprint density at radius 2 is 1.73 bits per heavy atom. The van der Waals surface area contributed by atoms with Gasteiger partial charge in [-0.1, -0.05) is 78.4 Å².